The van der Waals surface area contributed by atoms with Crippen molar-refractivity contribution >= 4 is 11.8 Å². The molecule has 4 heteroatoms. The van der Waals surface area contributed by atoms with Gasteiger partial charge in [0.25, 0.3) is 0 Å². The van der Waals surface area contributed by atoms with Crippen LogP contribution in [0.3, 0.4) is 0 Å². The number of rotatable bonds is 5. The van der Waals surface area contributed by atoms with Crippen LogP contribution in [0.1, 0.15) is 69.4 Å². The first kappa shape index (κ1) is 18.9. The summed E-state index contributed by atoms with van der Waals surface area (Å²) >= 11 is 0. The Morgan fingerprint density at radius 3 is 2.46 bits per heavy atom. The summed E-state index contributed by atoms with van der Waals surface area (Å²) in [6.07, 6.45) is 8.95. The van der Waals surface area contributed by atoms with Crippen LogP contribution in [0.25, 0.3) is 0 Å². The zero-order valence-corrected chi connectivity index (χ0v) is 16.2. The summed E-state index contributed by atoms with van der Waals surface area (Å²) in [5.41, 5.74) is 1.74. The van der Waals surface area contributed by atoms with Crippen molar-refractivity contribution in [3.05, 3.63) is 35.4 Å². The van der Waals surface area contributed by atoms with Crippen molar-refractivity contribution < 1.29 is 9.59 Å². The number of carbonyl (C=O) groups is 2. The van der Waals surface area contributed by atoms with E-state index in [0.717, 1.165) is 19.3 Å². The molecule has 1 saturated carbocycles. The van der Waals surface area contributed by atoms with Crippen LogP contribution in [0.4, 0.5) is 0 Å². The molecule has 1 N–H and O–H groups in total. The van der Waals surface area contributed by atoms with E-state index in [1.807, 2.05) is 11.8 Å². The maximum atomic E-state index is 13.1. The molecule has 1 aliphatic carbocycles. The second-order valence-electron chi connectivity index (χ2n) is 8.22. The van der Waals surface area contributed by atoms with Crippen LogP contribution in [0, 0.1) is 6.92 Å². The molecule has 1 atom stereocenters. The van der Waals surface area contributed by atoms with E-state index in [2.05, 4.69) is 36.5 Å². The van der Waals surface area contributed by atoms with Crippen molar-refractivity contribution in [2.75, 3.05) is 6.54 Å². The van der Waals surface area contributed by atoms with Crippen LogP contribution in [0.5, 0.6) is 0 Å². The first-order valence-corrected chi connectivity index (χ1v) is 10.2. The third-order valence-electron chi connectivity index (χ3n) is 6.15. The largest absolute Gasteiger partial charge is 0.351 e. The average molecular weight is 357 g/mol. The molecule has 26 heavy (non-hydrogen) atoms. The molecule has 1 unspecified atom stereocenters. The quantitative estimate of drug-likeness (QED) is 0.817. The van der Waals surface area contributed by atoms with Crippen molar-refractivity contribution in [3.63, 3.8) is 0 Å². The molecule has 2 amide bonds. The third-order valence-corrected chi connectivity index (χ3v) is 6.15. The number of aryl methyl sites for hydroxylation is 1. The van der Waals surface area contributed by atoms with Gasteiger partial charge in [0.15, 0.2) is 0 Å². The van der Waals surface area contributed by atoms with E-state index in [4.69, 9.17) is 0 Å². The lowest BCUT2D eigenvalue weighted by Crippen LogP contribution is -2.56. The van der Waals surface area contributed by atoms with Gasteiger partial charge in [-0.05, 0) is 45.1 Å². The highest BCUT2D eigenvalue weighted by Crippen LogP contribution is 2.31. The van der Waals surface area contributed by atoms with Crippen LogP contribution in [0.15, 0.2) is 24.3 Å². The monoisotopic (exact) mass is 356 g/mol. The minimum absolute atomic E-state index is 0.0409. The number of benzene rings is 1. The predicted molar refractivity (Wildman–Crippen MR) is 104 cm³/mol. The van der Waals surface area contributed by atoms with Gasteiger partial charge in [-0.15, -0.1) is 0 Å². The van der Waals surface area contributed by atoms with Crippen LogP contribution >= 0.6 is 0 Å². The summed E-state index contributed by atoms with van der Waals surface area (Å²) in [7, 11) is 0. The summed E-state index contributed by atoms with van der Waals surface area (Å²) in [6, 6.07) is 8.69. The number of nitrogens with one attached hydrogen (secondary N) is 1. The number of hydrogen-bond acceptors (Lipinski definition) is 2. The summed E-state index contributed by atoms with van der Waals surface area (Å²) in [5.74, 6) is 0.148. The maximum Gasteiger partial charge on any atom is 0.245 e. The van der Waals surface area contributed by atoms with E-state index in [0.29, 0.717) is 19.4 Å². The van der Waals surface area contributed by atoms with Gasteiger partial charge in [0.1, 0.15) is 5.54 Å². The number of hydrogen-bond donors (Lipinski definition) is 1. The molecule has 1 aromatic carbocycles. The molecule has 142 valence electrons. The molecule has 1 heterocycles. The fraction of sp³-hybridized carbons (Fsp3) is 0.636. The van der Waals surface area contributed by atoms with Gasteiger partial charge in [-0.3, -0.25) is 9.59 Å². The van der Waals surface area contributed by atoms with E-state index in [1.54, 1.807) is 0 Å². The Morgan fingerprint density at radius 2 is 1.81 bits per heavy atom. The van der Waals surface area contributed by atoms with Gasteiger partial charge in [0.2, 0.25) is 11.8 Å². The van der Waals surface area contributed by atoms with Gasteiger partial charge < -0.3 is 10.2 Å². The minimum atomic E-state index is -0.700. The highest BCUT2D eigenvalue weighted by atomic mass is 16.2. The van der Waals surface area contributed by atoms with Crippen LogP contribution in [-0.4, -0.2) is 34.8 Å². The fourth-order valence-corrected chi connectivity index (χ4v) is 4.26. The standard InChI is InChI=1S/C22H32N2O2/c1-17-9-11-18(12-10-17)14-16-24-20(25)13-15-22(24,2)21(26)23-19-7-5-3-4-6-8-19/h9-12,19H,3-8,13-16H2,1-2H3,(H,23,26). The second-order valence-corrected chi connectivity index (χ2v) is 8.22. The Morgan fingerprint density at radius 1 is 1.15 bits per heavy atom. The zero-order valence-electron chi connectivity index (χ0n) is 16.2. The van der Waals surface area contributed by atoms with Gasteiger partial charge in [0, 0.05) is 19.0 Å². The SMILES string of the molecule is Cc1ccc(CCN2C(=O)CCC2(C)C(=O)NC2CCCCCC2)cc1. The topological polar surface area (TPSA) is 49.4 Å². The zero-order chi connectivity index (χ0) is 18.6. The van der Waals surface area contributed by atoms with E-state index in [9.17, 15) is 9.59 Å². The number of nitrogens with zero attached hydrogens (tertiary/aromatic N) is 1. The predicted octanol–water partition coefficient (Wildman–Crippen LogP) is 3.76. The lowest BCUT2D eigenvalue weighted by Gasteiger charge is -2.35. The van der Waals surface area contributed by atoms with Crippen LogP contribution in [0.2, 0.25) is 0 Å². The van der Waals surface area contributed by atoms with Crippen LogP contribution < -0.4 is 5.32 Å². The first-order valence-electron chi connectivity index (χ1n) is 10.2. The summed E-state index contributed by atoms with van der Waals surface area (Å²) in [5, 5.41) is 3.26. The number of likely N-dealkylation sites (tertiary alicyclic amines) is 1. The van der Waals surface area contributed by atoms with Gasteiger partial charge >= 0.3 is 0 Å². The lowest BCUT2D eigenvalue weighted by molar-refractivity contribution is -0.141. The third kappa shape index (κ3) is 4.28. The second kappa shape index (κ2) is 8.24. The Balaban J connectivity index is 1.64. The van der Waals surface area contributed by atoms with Crippen molar-refractivity contribution in [2.24, 2.45) is 0 Å². The van der Waals surface area contributed by atoms with E-state index < -0.39 is 5.54 Å². The Kier molecular flexibility index (Phi) is 6.00. The molecule has 1 saturated heterocycles. The maximum absolute atomic E-state index is 13.1. The molecule has 0 aromatic heterocycles. The van der Waals surface area contributed by atoms with Gasteiger partial charge in [-0.2, -0.15) is 0 Å². The summed E-state index contributed by atoms with van der Waals surface area (Å²) in [4.78, 5) is 27.3. The summed E-state index contributed by atoms with van der Waals surface area (Å²) in [6.45, 7) is 4.62. The van der Waals surface area contributed by atoms with Gasteiger partial charge in [-0.1, -0.05) is 55.5 Å². The van der Waals surface area contributed by atoms with E-state index in [1.165, 1.54) is 36.8 Å². The van der Waals surface area contributed by atoms with Crippen molar-refractivity contribution in [1.29, 1.82) is 0 Å². The molecule has 2 aliphatic rings. The lowest BCUT2D eigenvalue weighted by atomic mass is 9.95. The number of amides is 2. The Hall–Kier alpha value is -1.84. The molecule has 3 rings (SSSR count). The molecular formula is C22H32N2O2. The molecule has 1 aromatic rings. The fourth-order valence-electron chi connectivity index (χ4n) is 4.26. The highest BCUT2D eigenvalue weighted by Gasteiger charge is 2.47. The Bertz CT molecular complexity index is 632. The smallest absolute Gasteiger partial charge is 0.245 e. The van der Waals surface area contributed by atoms with Gasteiger partial charge in [0.05, 0.1) is 0 Å². The Labute approximate surface area is 157 Å². The molecule has 0 spiro atoms. The van der Waals surface area contributed by atoms with Crippen molar-refractivity contribution in [1.82, 2.24) is 10.2 Å². The highest BCUT2D eigenvalue weighted by molar-refractivity contribution is 5.94. The van der Waals surface area contributed by atoms with E-state index >= 15 is 0 Å². The number of carbonyl (C=O) groups excluding carboxylic acids is 2. The van der Waals surface area contributed by atoms with Crippen molar-refractivity contribution in [3.8, 4) is 0 Å². The van der Waals surface area contributed by atoms with E-state index in [-0.39, 0.29) is 17.9 Å². The van der Waals surface area contributed by atoms with Crippen LogP contribution in [-0.2, 0) is 16.0 Å². The molecule has 4 nitrogen and oxygen atoms in total. The van der Waals surface area contributed by atoms with Crippen molar-refractivity contribution in [2.45, 2.75) is 83.2 Å². The molecule has 1 aliphatic heterocycles. The summed E-state index contributed by atoms with van der Waals surface area (Å²) < 4.78 is 0. The molecule has 0 radical (unpaired) electrons. The molecule has 2 fully saturated rings. The average Bonchev–Trinajstić information content (AvgIpc) is 2.80. The molecular weight excluding hydrogens is 324 g/mol. The molecule has 0 bridgehead atoms. The normalized spacial score (nSPS) is 24.5. The minimum Gasteiger partial charge on any atom is -0.351 e. The van der Waals surface area contributed by atoms with Gasteiger partial charge in [-0.25, -0.2) is 0 Å². The first-order chi connectivity index (χ1) is 12.5.